The Morgan fingerprint density at radius 3 is 1.92 bits per heavy atom. The van der Waals surface area contributed by atoms with Crippen LogP contribution in [-0.2, 0) is 4.79 Å². The van der Waals surface area contributed by atoms with Crippen molar-refractivity contribution in [3.63, 3.8) is 0 Å². The summed E-state index contributed by atoms with van der Waals surface area (Å²) >= 11 is 0. The molecule has 0 saturated heterocycles. The lowest BCUT2D eigenvalue weighted by atomic mass is 10.1. The Labute approximate surface area is 70.6 Å². The van der Waals surface area contributed by atoms with Gasteiger partial charge >= 0.3 is 0 Å². The number of aldehydes is 1. The lowest BCUT2D eigenvalue weighted by Crippen LogP contribution is -2.40. The van der Waals surface area contributed by atoms with E-state index in [2.05, 4.69) is 13.2 Å². The van der Waals surface area contributed by atoms with Crippen molar-refractivity contribution in [2.75, 3.05) is 6.61 Å². The SMILES string of the molecule is C=C.O=C[C@H](O)[C@H](O)[C@H](O)CO. The van der Waals surface area contributed by atoms with Crippen LogP contribution in [0.1, 0.15) is 0 Å². The molecule has 5 heteroatoms. The highest BCUT2D eigenvalue weighted by Crippen LogP contribution is 1.96. The van der Waals surface area contributed by atoms with Crippen LogP contribution in [0.2, 0.25) is 0 Å². The van der Waals surface area contributed by atoms with E-state index in [4.69, 9.17) is 20.4 Å². The van der Waals surface area contributed by atoms with Gasteiger partial charge in [0.2, 0.25) is 0 Å². The maximum atomic E-state index is 9.76. The first-order chi connectivity index (χ1) is 5.63. The smallest absolute Gasteiger partial charge is 0.151 e. The normalized spacial score (nSPS) is 16.7. The number of aliphatic hydroxyl groups excluding tert-OH is 4. The molecule has 12 heavy (non-hydrogen) atoms. The molecule has 4 N–H and O–H groups in total. The fraction of sp³-hybridized carbons (Fsp3) is 0.571. The fourth-order valence-corrected chi connectivity index (χ4v) is 0.416. The zero-order valence-electron chi connectivity index (χ0n) is 6.63. The van der Waals surface area contributed by atoms with Crippen LogP contribution in [0.15, 0.2) is 13.2 Å². The molecule has 72 valence electrons. The van der Waals surface area contributed by atoms with Gasteiger partial charge in [-0.25, -0.2) is 0 Å². The molecule has 0 radical (unpaired) electrons. The number of aliphatic hydroxyl groups is 4. The Balaban J connectivity index is 0. The number of carbonyl (C=O) groups is 1. The molecule has 0 aromatic heterocycles. The van der Waals surface area contributed by atoms with Gasteiger partial charge < -0.3 is 25.2 Å². The minimum atomic E-state index is -1.64. The molecule has 0 aromatic carbocycles. The van der Waals surface area contributed by atoms with Gasteiger partial charge in [-0.2, -0.15) is 0 Å². The van der Waals surface area contributed by atoms with Crippen molar-refractivity contribution in [1.29, 1.82) is 0 Å². The first-order valence-corrected chi connectivity index (χ1v) is 3.23. The Kier molecular flexibility index (Phi) is 9.61. The van der Waals surface area contributed by atoms with Crippen LogP contribution < -0.4 is 0 Å². The molecular formula is C7H14O5. The van der Waals surface area contributed by atoms with E-state index >= 15 is 0 Å². The summed E-state index contributed by atoms with van der Waals surface area (Å²) in [6, 6.07) is 0. The van der Waals surface area contributed by atoms with Crippen LogP contribution in [0.25, 0.3) is 0 Å². The molecule has 0 bridgehead atoms. The minimum Gasteiger partial charge on any atom is -0.394 e. The molecule has 0 aromatic rings. The quantitative estimate of drug-likeness (QED) is 0.296. The highest BCUT2D eigenvalue weighted by atomic mass is 16.4. The maximum Gasteiger partial charge on any atom is 0.151 e. The van der Waals surface area contributed by atoms with E-state index in [0.717, 1.165) is 0 Å². The van der Waals surface area contributed by atoms with Gasteiger partial charge in [0.15, 0.2) is 6.29 Å². The van der Waals surface area contributed by atoms with Crippen molar-refractivity contribution in [3.05, 3.63) is 13.2 Å². The summed E-state index contributed by atoms with van der Waals surface area (Å²) in [7, 11) is 0. The molecule has 0 aliphatic rings. The summed E-state index contributed by atoms with van der Waals surface area (Å²) in [5.41, 5.74) is 0. The second-order valence-electron chi connectivity index (χ2n) is 1.87. The van der Waals surface area contributed by atoms with Crippen molar-refractivity contribution < 1.29 is 25.2 Å². The average Bonchev–Trinajstić information content (AvgIpc) is 2.17. The van der Waals surface area contributed by atoms with Crippen LogP contribution in [0.5, 0.6) is 0 Å². The van der Waals surface area contributed by atoms with Gasteiger partial charge in [0.05, 0.1) is 6.61 Å². The molecule has 0 aliphatic heterocycles. The number of carbonyl (C=O) groups excluding carboxylic acids is 1. The van der Waals surface area contributed by atoms with E-state index in [1.165, 1.54) is 0 Å². The molecule has 5 nitrogen and oxygen atoms in total. The monoisotopic (exact) mass is 178 g/mol. The zero-order chi connectivity index (χ0) is 10.1. The van der Waals surface area contributed by atoms with Crippen LogP contribution in [0.4, 0.5) is 0 Å². The summed E-state index contributed by atoms with van der Waals surface area (Å²) in [6.07, 6.45) is -4.63. The van der Waals surface area contributed by atoms with Gasteiger partial charge in [-0.05, 0) is 0 Å². The number of hydrogen-bond donors (Lipinski definition) is 4. The highest BCUT2D eigenvalue weighted by molar-refractivity contribution is 5.56. The van der Waals surface area contributed by atoms with Crippen molar-refractivity contribution >= 4 is 6.29 Å². The molecule has 0 fully saturated rings. The zero-order valence-corrected chi connectivity index (χ0v) is 6.63. The second kappa shape index (κ2) is 8.35. The lowest BCUT2D eigenvalue weighted by molar-refractivity contribution is -0.127. The molecule has 0 heterocycles. The van der Waals surface area contributed by atoms with Gasteiger partial charge in [0.25, 0.3) is 0 Å². The standard InChI is InChI=1S/C5H10O5.C2H4/c6-1-3(8)5(10)4(9)2-7;1-2/h1,3-5,7-10H,2H2;1-2H2/t3-,4+,5-;/m0./s1. The number of hydrogen-bond acceptors (Lipinski definition) is 5. The average molecular weight is 178 g/mol. The van der Waals surface area contributed by atoms with Crippen molar-refractivity contribution in [2.24, 2.45) is 0 Å². The Bertz CT molecular complexity index is 116. The predicted molar refractivity (Wildman–Crippen MR) is 42.4 cm³/mol. The molecule has 0 amide bonds. The van der Waals surface area contributed by atoms with Crippen LogP contribution in [-0.4, -0.2) is 51.6 Å². The van der Waals surface area contributed by atoms with Gasteiger partial charge in [0.1, 0.15) is 18.3 Å². The van der Waals surface area contributed by atoms with Gasteiger partial charge in [-0.15, -0.1) is 13.2 Å². The van der Waals surface area contributed by atoms with E-state index in [1.54, 1.807) is 0 Å². The maximum absolute atomic E-state index is 9.76. The van der Waals surface area contributed by atoms with Gasteiger partial charge in [0, 0.05) is 0 Å². The number of rotatable bonds is 4. The molecular weight excluding hydrogens is 164 g/mol. The van der Waals surface area contributed by atoms with E-state index in [-0.39, 0.29) is 6.29 Å². The van der Waals surface area contributed by atoms with E-state index in [1.807, 2.05) is 0 Å². The predicted octanol–water partition coefficient (Wildman–Crippen LogP) is -1.94. The molecule has 0 rings (SSSR count). The Morgan fingerprint density at radius 2 is 1.67 bits per heavy atom. The van der Waals surface area contributed by atoms with Gasteiger partial charge in [-0.3, -0.25) is 0 Å². The fourth-order valence-electron chi connectivity index (χ4n) is 0.416. The molecule has 0 saturated carbocycles. The molecule has 0 spiro atoms. The lowest BCUT2D eigenvalue weighted by Gasteiger charge is -2.16. The van der Waals surface area contributed by atoms with E-state index in [9.17, 15) is 4.79 Å². The van der Waals surface area contributed by atoms with Gasteiger partial charge in [-0.1, -0.05) is 0 Å². The summed E-state index contributed by atoms with van der Waals surface area (Å²) in [6.45, 7) is 5.31. The summed E-state index contributed by atoms with van der Waals surface area (Å²) in [5.74, 6) is 0. The minimum absolute atomic E-state index is 0.0869. The molecule has 0 aliphatic carbocycles. The topological polar surface area (TPSA) is 98.0 Å². The third-order valence-corrected chi connectivity index (χ3v) is 1.07. The molecule has 0 unspecified atom stereocenters. The Morgan fingerprint density at radius 1 is 1.25 bits per heavy atom. The van der Waals surface area contributed by atoms with E-state index in [0.29, 0.717) is 0 Å². The third kappa shape index (κ3) is 4.97. The highest BCUT2D eigenvalue weighted by Gasteiger charge is 2.22. The van der Waals surface area contributed by atoms with E-state index < -0.39 is 24.9 Å². The second-order valence-corrected chi connectivity index (χ2v) is 1.87. The summed E-state index contributed by atoms with van der Waals surface area (Å²) in [4.78, 5) is 9.76. The largest absolute Gasteiger partial charge is 0.394 e. The van der Waals surface area contributed by atoms with Crippen LogP contribution >= 0.6 is 0 Å². The van der Waals surface area contributed by atoms with Crippen LogP contribution in [0, 0.1) is 0 Å². The Hall–Kier alpha value is -0.750. The van der Waals surface area contributed by atoms with Crippen molar-refractivity contribution in [1.82, 2.24) is 0 Å². The van der Waals surface area contributed by atoms with Crippen molar-refractivity contribution in [2.45, 2.75) is 18.3 Å². The first kappa shape index (κ1) is 13.8. The first-order valence-electron chi connectivity index (χ1n) is 3.23. The van der Waals surface area contributed by atoms with Crippen molar-refractivity contribution in [3.8, 4) is 0 Å². The third-order valence-electron chi connectivity index (χ3n) is 1.07. The van der Waals surface area contributed by atoms with Crippen LogP contribution in [0.3, 0.4) is 0 Å². The summed E-state index contributed by atoms with van der Waals surface area (Å²) in [5, 5.41) is 34.1. The molecule has 3 atom stereocenters. The summed E-state index contributed by atoms with van der Waals surface area (Å²) < 4.78 is 0.